The number of nitrogens with zero attached hydrogens (tertiary/aromatic N) is 6. The lowest BCUT2D eigenvalue weighted by molar-refractivity contribution is -0.113. The number of anilines is 1. The molecule has 0 fully saturated rings. The summed E-state index contributed by atoms with van der Waals surface area (Å²) >= 11 is 1.56. The van der Waals surface area contributed by atoms with E-state index in [0.717, 1.165) is 16.8 Å². The summed E-state index contributed by atoms with van der Waals surface area (Å²) in [5.41, 5.74) is 2.84. The number of rotatable bonds is 2. The summed E-state index contributed by atoms with van der Waals surface area (Å²) in [6.07, 6.45) is 7.09. The molecule has 8 nitrogen and oxygen atoms in total. The second-order valence-corrected chi connectivity index (χ2v) is 6.59. The number of nitrogens with one attached hydrogen (secondary N) is 1. The highest BCUT2D eigenvalue weighted by atomic mass is 32.2. The lowest BCUT2D eigenvalue weighted by atomic mass is 10.1. The smallest absolute Gasteiger partial charge is 0.252 e. The van der Waals surface area contributed by atoms with Gasteiger partial charge < -0.3 is 5.32 Å². The summed E-state index contributed by atoms with van der Waals surface area (Å²) in [4.78, 5) is 20.7. The van der Waals surface area contributed by atoms with E-state index in [2.05, 4.69) is 25.5 Å². The fourth-order valence-electron chi connectivity index (χ4n) is 2.77. The maximum absolute atomic E-state index is 12.2. The molecule has 1 atom stereocenters. The van der Waals surface area contributed by atoms with Crippen molar-refractivity contribution in [1.82, 2.24) is 29.5 Å². The lowest BCUT2D eigenvalue weighted by Crippen LogP contribution is -2.16. The molecule has 0 aromatic carbocycles. The molecule has 0 radical (unpaired) electrons. The number of amides is 1. The monoisotopic (exact) mass is 341 g/mol. The fourth-order valence-corrected chi connectivity index (χ4v) is 3.92. The number of hydrogen-bond donors (Lipinski definition) is 1. The Balaban J connectivity index is 1.90. The zero-order valence-electron chi connectivity index (χ0n) is 13.2. The van der Waals surface area contributed by atoms with Gasteiger partial charge in [-0.3, -0.25) is 9.48 Å². The second-order valence-electron chi connectivity index (χ2n) is 5.49. The average Bonchev–Trinajstić information content (AvgIpc) is 3.08. The van der Waals surface area contributed by atoms with Crippen LogP contribution in [0.3, 0.4) is 0 Å². The van der Waals surface area contributed by atoms with Gasteiger partial charge in [0, 0.05) is 36.8 Å². The molecule has 9 heteroatoms. The Morgan fingerprint density at radius 3 is 2.83 bits per heavy atom. The SMILES string of the molecule is Cc1nn(-c2ncccn2)c2c1[C@@H](c1cnn(C)c1)SCC(=O)N2. The lowest BCUT2D eigenvalue weighted by Gasteiger charge is -2.12. The molecule has 4 rings (SSSR count). The van der Waals surface area contributed by atoms with Crippen LogP contribution in [0.2, 0.25) is 0 Å². The topological polar surface area (TPSA) is 90.5 Å². The number of aryl methyl sites for hydroxylation is 2. The molecular weight excluding hydrogens is 326 g/mol. The first-order valence-corrected chi connectivity index (χ1v) is 8.45. The third kappa shape index (κ3) is 2.46. The molecule has 0 aliphatic carbocycles. The Hall–Kier alpha value is -2.68. The minimum atomic E-state index is -0.0651. The molecule has 4 heterocycles. The first kappa shape index (κ1) is 14.9. The first-order chi connectivity index (χ1) is 11.6. The third-order valence-electron chi connectivity index (χ3n) is 3.78. The largest absolute Gasteiger partial charge is 0.309 e. The summed E-state index contributed by atoms with van der Waals surface area (Å²) in [5, 5.41) is 11.7. The molecule has 0 spiro atoms. The van der Waals surface area contributed by atoms with E-state index < -0.39 is 0 Å². The summed E-state index contributed by atoms with van der Waals surface area (Å²) in [6.45, 7) is 1.93. The van der Waals surface area contributed by atoms with Crippen molar-refractivity contribution in [3.63, 3.8) is 0 Å². The van der Waals surface area contributed by atoms with Crippen LogP contribution in [0.25, 0.3) is 5.95 Å². The molecule has 0 bridgehead atoms. The highest BCUT2D eigenvalue weighted by Gasteiger charge is 2.31. The van der Waals surface area contributed by atoms with Gasteiger partial charge in [0.15, 0.2) is 0 Å². The van der Waals surface area contributed by atoms with E-state index in [1.807, 2.05) is 26.4 Å². The normalized spacial score (nSPS) is 17.2. The van der Waals surface area contributed by atoms with Gasteiger partial charge in [-0.1, -0.05) is 0 Å². The van der Waals surface area contributed by atoms with E-state index in [-0.39, 0.29) is 11.2 Å². The number of carbonyl (C=O) groups excluding carboxylic acids is 1. The van der Waals surface area contributed by atoms with Crippen LogP contribution >= 0.6 is 11.8 Å². The Kier molecular flexibility index (Phi) is 3.57. The van der Waals surface area contributed by atoms with Crippen molar-refractivity contribution in [2.45, 2.75) is 12.2 Å². The molecule has 1 amide bonds. The van der Waals surface area contributed by atoms with Gasteiger partial charge in [0.1, 0.15) is 5.82 Å². The molecule has 1 N–H and O–H groups in total. The van der Waals surface area contributed by atoms with Crippen LogP contribution in [0, 0.1) is 6.92 Å². The number of fused-ring (bicyclic) bond motifs is 1. The van der Waals surface area contributed by atoms with Gasteiger partial charge in [-0.15, -0.1) is 11.8 Å². The fraction of sp³-hybridized carbons (Fsp3) is 0.267. The summed E-state index contributed by atoms with van der Waals surface area (Å²) in [6, 6.07) is 1.74. The van der Waals surface area contributed by atoms with Crippen molar-refractivity contribution in [1.29, 1.82) is 0 Å². The van der Waals surface area contributed by atoms with Crippen molar-refractivity contribution in [3.8, 4) is 5.95 Å². The van der Waals surface area contributed by atoms with Gasteiger partial charge in [-0.05, 0) is 13.0 Å². The molecule has 3 aromatic heterocycles. The van der Waals surface area contributed by atoms with Crippen LogP contribution in [-0.4, -0.2) is 41.2 Å². The maximum Gasteiger partial charge on any atom is 0.252 e. The Morgan fingerprint density at radius 2 is 2.12 bits per heavy atom. The van der Waals surface area contributed by atoms with E-state index in [4.69, 9.17) is 0 Å². The molecule has 24 heavy (non-hydrogen) atoms. The molecular formula is C15H15N7OS. The van der Waals surface area contributed by atoms with Gasteiger partial charge in [0.05, 0.1) is 22.9 Å². The predicted molar refractivity (Wildman–Crippen MR) is 90.0 cm³/mol. The third-order valence-corrected chi connectivity index (χ3v) is 5.05. The average molecular weight is 341 g/mol. The zero-order chi connectivity index (χ0) is 16.7. The van der Waals surface area contributed by atoms with Crippen molar-refractivity contribution in [2.24, 2.45) is 7.05 Å². The van der Waals surface area contributed by atoms with Crippen LogP contribution in [0.4, 0.5) is 5.82 Å². The Labute approximate surface area is 142 Å². The Bertz CT molecular complexity index is 902. The standard InChI is InChI=1S/C15H15N7OS/c1-9-12-13(10-6-18-21(2)7-10)24-8-11(23)19-14(12)22(20-9)15-16-4-3-5-17-15/h3-7,13H,8H2,1-2H3,(H,19,23)/t13-/m1/s1. The summed E-state index contributed by atoms with van der Waals surface area (Å²) in [5.74, 6) is 1.36. The number of hydrogen-bond acceptors (Lipinski definition) is 6. The maximum atomic E-state index is 12.2. The van der Waals surface area contributed by atoms with Gasteiger partial charge in [-0.25, -0.2) is 9.97 Å². The molecule has 0 unspecified atom stereocenters. The van der Waals surface area contributed by atoms with Crippen LogP contribution in [0.1, 0.15) is 22.1 Å². The molecule has 0 saturated carbocycles. The predicted octanol–water partition coefficient (Wildman–Crippen LogP) is 1.48. The first-order valence-electron chi connectivity index (χ1n) is 7.40. The van der Waals surface area contributed by atoms with Crippen molar-refractivity contribution in [2.75, 3.05) is 11.1 Å². The van der Waals surface area contributed by atoms with E-state index >= 15 is 0 Å². The molecule has 1 aliphatic heterocycles. The van der Waals surface area contributed by atoms with E-state index in [9.17, 15) is 4.79 Å². The Morgan fingerprint density at radius 1 is 1.33 bits per heavy atom. The van der Waals surface area contributed by atoms with Crippen LogP contribution in [-0.2, 0) is 11.8 Å². The number of carbonyl (C=O) groups is 1. The minimum absolute atomic E-state index is 0.0230. The molecule has 0 saturated heterocycles. The quantitative estimate of drug-likeness (QED) is 0.759. The van der Waals surface area contributed by atoms with Crippen LogP contribution in [0.5, 0.6) is 0 Å². The summed E-state index contributed by atoms with van der Waals surface area (Å²) < 4.78 is 3.35. The summed E-state index contributed by atoms with van der Waals surface area (Å²) in [7, 11) is 1.88. The van der Waals surface area contributed by atoms with E-state index in [1.54, 1.807) is 39.6 Å². The van der Waals surface area contributed by atoms with Crippen LogP contribution in [0.15, 0.2) is 30.9 Å². The van der Waals surface area contributed by atoms with Crippen molar-refractivity contribution >= 4 is 23.5 Å². The van der Waals surface area contributed by atoms with Gasteiger partial charge >= 0.3 is 0 Å². The number of aromatic nitrogens is 6. The number of thioether (sulfide) groups is 1. The molecule has 3 aromatic rings. The van der Waals surface area contributed by atoms with Crippen molar-refractivity contribution < 1.29 is 4.79 Å². The van der Waals surface area contributed by atoms with Gasteiger partial charge in [-0.2, -0.15) is 14.9 Å². The van der Waals surface area contributed by atoms with Gasteiger partial charge in [0.2, 0.25) is 5.91 Å². The van der Waals surface area contributed by atoms with Crippen LogP contribution < -0.4 is 5.32 Å². The van der Waals surface area contributed by atoms with E-state index in [0.29, 0.717) is 17.5 Å². The van der Waals surface area contributed by atoms with E-state index in [1.165, 1.54) is 0 Å². The van der Waals surface area contributed by atoms with Gasteiger partial charge in [0.25, 0.3) is 5.95 Å². The second kappa shape index (κ2) is 5.75. The highest BCUT2D eigenvalue weighted by Crippen LogP contribution is 2.43. The van der Waals surface area contributed by atoms with Crippen molar-refractivity contribution in [3.05, 3.63) is 47.7 Å². The zero-order valence-corrected chi connectivity index (χ0v) is 14.0. The molecule has 1 aliphatic rings. The minimum Gasteiger partial charge on any atom is -0.309 e. The highest BCUT2D eigenvalue weighted by molar-refractivity contribution is 8.00. The molecule has 122 valence electrons.